The molecule has 1 N–H and O–H groups in total. The smallest absolute Gasteiger partial charge is 0.329 e. The molecule has 2 aromatic rings. The SMILES string of the molecule is CC1(OCC(=O)O)CN(c2nc3ccccc3o2)C1. The van der Waals surface area contributed by atoms with Crippen molar-refractivity contribution in [1.82, 2.24) is 4.98 Å². The first-order valence-electron chi connectivity index (χ1n) is 6.02. The van der Waals surface area contributed by atoms with Gasteiger partial charge in [-0.2, -0.15) is 4.98 Å². The van der Waals surface area contributed by atoms with E-state index < -0.39 is 11.6 Å². The maximum Gasteiger partial charge on any atom is 0.329 e. The van der Waals surface area contributed by atoms with Crippen LogP contribution in [0.2, 0.25) is 0 Å². The van der Waals surface area contributed by atoms with Gasteiger partial charge in [-0.15, -0.1) is 0 Å². The van der Waals surface area contributed by atoms with Crippen molar-refractivity contribution in [2.75, 3.05) is 24.6 Å². The van der Waals surface area contributed by atoms with Crippen LogP contribution >= 0.6 is 0 Å². The van der Waals surface area contributed by atoms with E-state index in [0.717, 1.165) is 11.1 Å². The number of para-hydroxylation sites is 2. The number of carboxylic acids is 1. The first-order valence-corrected chi connectivity index (χ1v) is 6.02. The van der Waals surface area contributed by atoms with Gasteiger partial charge in [0.15, 0.2) is 5.58 Å². The molecule has 1 aliphatic heterocycles. The Kier molecular flexibility index (Phi) is 2.67. The highest BCUT2D eigenvalue weighted by atomic mass is 16.5. The van der Waals surface area contributed by atoms with Crippen LogP contribution in [0.1, 0.15) is 6.92 Å². The van der Waals surface area contributed by atoms with E-state index in [1.165, 1.54) is 0 Å². The summed E-state index contributed by atoms with van der Waals surface area (Å²) in [6, 6.07) is 8.12. The largest absolute Gasteiger partial charge is 0.480 e. The lowest BCUT2D eigenvalue weighted by Gasteiger charge is -2.46. The second kappa shape index (κ2) is 4.24. The lowest BCUT2D eigenvalue weighted by molar-refractivity contribution is -0.150. The number of nitrogens with zero attached hydrogens (tertiary/aromatic N) is 2. The second-order valence-electron chi connectivity index (χ2n) is 4.95. The fourth-order valence-electron chi connectivity index (χ4n) is 2.22. The summed E-state index contributed by atoms with van der Waals surface area (Å²) in [5.41, 5.74) is 1.12. The number of ether oxygens (including phenoxy) is 1. The summed E-state index contributed by atoms with van der Waals surface area (Å²) in [6.07, 6.45) is 0. The van der Waals surface area contributed by atoms with Crippen molar-refractivity contribution >= 4 is 23.1 Å². The summed E-state index contributed by atoms with van der Waals surface area (Å²) in [7, 11) is 0. The molecule has 0 amide bonds. The van der Waals surface area contributed by atoms with Gasteiger partial charge in [0.2, 0.25) is 0 Å². The third-order valence-corrected chi connectivity index (χ3v) is 3.15. The van der Waals surface area contributed by atoms with Crippen LogP contribution in [0.5, 0.6) is 0 Å². The van der Waals surface area contributed by atoms with E-state index in [2.05, 4.69) is 4.98 Å². The topological polar surface area (TPSA) is 75.8 Å². The van der Waals surface area contributed by atoms with E-state index in [1.807, 2.05) is 36.1 Å². The first kappa shape index (κ1) is 12.0. The van der Waals surface area contributed by atoms with E-state index in [1.54, 1.807) is 0 Å². The molecule has 0 spiro atoms. The Morgan fingerprint density at radius 2 is 2.26 bits per heavy atom. The summed E-state index contributed by atoms with van der Waals surface area (Å²) >= 11 is 0. The minimum absolute atomic E-state index is 0.280. The molecule has 6 heteroatoms. The molecule has 0 radical (unpaired) electrons. The Hall–Kier alpha value is -2.08. The zero-order valence-electron chi connectivity index (χ0n) is 10.5. The molecular weight excluding hydrogens is 248 g/mol. The van der Waals surface area contributed by atoms with Crippen LogP contribution in [0.4, 0.5) is 6.01 Å². The van der Waals surface area contributed by atoms with Gasteiger partial charge >= 0.3 is 5.97 Å². The fourth-order valence-corrected chi connectivity index (χ4v) is 2.22. The first-order chi connectivity index (χ1) is 9.06. The number of rotatable bonds is 4. The van der Waals surface area contributed by atoms with E-state index in [-0.39, 0.29) is 6.61 Å². The summed E-state index contributed by atoms with van der Waals surface area (Å²) in [4.78, 5) is 16.8. The van der Waals surface area contributed by atoms with Gasteiger partial charge in [-0.05, 0) is 19.1 Å². The lowest BCUT2D eigenvalue weighted by atomic mass is 9.97. The van der Waals surface area contributed by atoms with Crippen molar-refractivity contribution in [2.45, 2.75) is 12.5 Å². The number of oxazole rings is 1. The molecule has 0 saturated carbocycles. The molecule has 0 aliphatic carbocycles. The van der Waals surface area contributed by atoms with Crippen LogP contribution < -0.4 is 4.90 Å². The maximum atomic E-state index is 10.5. The zero-order chi connectivity index (χ0) is 13.5. The number of aliphatic carboxylic acids is 1. The van der Waals surface area contributed by atoms with Crippen molar-refractivity contribution in [3.63, 3.8) is 0 Å². The molecule has 1 aromatic carbocycles. The number of hydrogen-bond donors (Lipinski definition) is 1. The molecule has 6 nitrogen and oxygen atoms in total. The van der Waals surface area contributed by atoms with E-state index >= 15 is 0 Å². The summed E-state index contributed by atoms with van der Waals surface area (Å²) in [5, 5.41) is 8.61. The minimum atomic E-state index is -0.957. The van der Waals surface area contributed by atoms with E-state index in [4.69, 9.17) is 14.3 Å². The highest BCUT2D eigenvalue weighted by Crippen LogP contribution is 2.31. The van der Waals surface area contributed by atoms with Crippen molar-refractivity contribution in [3.05, 3.63) is 24.3 Å². The van der Waals surface area contributed by atoms with E-state index in [9.17, 15) is 4.79 Å². The Morgan fingerprint density at radius 3 is 2.95 bits per heavy atom. The molecule has 3 rings (SSSR count). The summed E-state index contributed by atoms with van der Waals surface area (Å²) in [6.45, 7) is 2.76. The van der Waals surface area contributed by atoms with Gasteiger partial charge in [0.1, 0.15) is 17.7 Å². The van der Waals surface area contributed by atoms with Crippen molar-refractivity contribution in [1.29, 1.82) is 0 Å². The molecule has 100 valence electrons. The van der Waals surface area contributed by atoms with Crippen LogP contribution in [0, 0.1) is 0 Å². The predicted molar refractivity (Wildman–Crippen MR) is 68.2 cm³/mol. The third kappa shape index (κ3) is 2.26. The Labute approximate surface area is 109 Å². The van der Waals surface area contributed by atoms with Crippen LogP contribution in [0.3, 0.4) is 0 Å². The van der Waals surface area contributed by atoms with E-state index in [0.29, 0.717) is 19.1 Å². The minimum Gasteiger partial charge on any atom is -0.480 e. The fraction of sp³-hybridized carbons (Fsp3) is 0.385. The molecule has 2 heterocycles. The van der Waals surface area contributed by atoms with Gasteiger partial charge in [-0.1, -0.05) is 12.1 Å². The monoisotopic (exact) mass is 262 g/mol. The number of hydrogen-bond acceptors (Lipinski definition) is 5. The number of aromatic nitrogens is 1. The third-order valence-electron chi connectivity index (χ3n) is 3.15. The van der Waals surface area contributed by atoms with Gasteiger partial charge in [0.25, 0.3) is 6.01 Å². The highest BCUT2D eigenvalue weighted by Gasteiger charge is 2.42. The maximum absolute atomic E-state index is 10.5. The predicted octanol–water partition coefficient (Wildman–Crippen LogP) is 1.51. The molecular formula is C13H14N2O4. The van der Waals surface area contributed by atoms with Gasteiger partial charge in [-0.25, -0.2) is 4.79 Å². The normalized spacial score (nSPS) is 17.4. The van der Waals surface area contributed by atoms with Crippen molar-refractivity contribution in [2.24, 2.45) is 0 Å². The van der Waals surface area contributed by atoms with Crippen molar-refractivity contribution < 1.29 is 19.1 Å². The highest BCUT2D eigenvalue weighted by molar-refractivity contribution is 5.74. The average molecular weight is 262 g/mol. The Morgan fingerprint density at radius 1 is 1.53 bits per heavy atom. The number of fused-ring (bicyclic) bond motifs is 1. The standard InChI is InChI=1S/C13H14N2O4/c1-13(18-6-11(16)17)7-15(8-13)12-14-9-4-2-3-5-10(9)19-12/h2-5H,6-8H2,1H3,(H,16,17). The lowest BCUT2D eigenvalue weighted by Crippen LogP contribution is -2.62. The molecule has 0 atom stereocenters. The summed E-state index contributed by atoms with van der Waals surface area (Å²) < 4.78 is 11.0. The molecule has 1 saturated heterocycles. The molecule has 19 heavy (non-hydrogen) atoms. The molecule has 1 aliphatic rings. The number of anilines is 1. The number of carboxylic acid groups (broad SMARTS) is 1. The molecule has 0 bridgehead atoms. The van der Waals surface area contributed by atoms with Gasteiger partial charge in [-0.3, -0.25) is 0 Å². The van der Waals surface area contributed by atoms with Crippen LogP contribution in [-0.2, 0) is 9.53 Å². The van der Waals surface area contributed by atoms with Gasteiger partial charge in [0.05, 0.1) is 13.1 Å². The number of benzene rings is 1. The molecule has 0 unspecified atom stereocenters. The zero-order valence-corrected chi connectivity index (χ0v) is 10.5. The van der Waals surface area contributed by atoms with Gasteiger partial charge < -0.3 is 19.2 Å². The van der Waals surface area contributed by atoms with Crippen molar-refractivity contribution in [3.8, 4) is 0 Å². The summed E-state index contributed by atoms with van der Waals surface area (Å²) in [5.74, 6) is -0.957. The quantitative estimate of drug-likeness (QED) is 0.900. The number of carbonyl (C=O) groups is 1. The Balaban J connectivity index is 1.68. The van der Waals surface area contributed by atoms with Crippen LogP contribution in [0.25, 0.3) is 11.1 Å². The van der Waals surface area contributed by atoms with Gasteiger partial charge in [0, 0.05) is 0 Å². The Bertz CT molecular complexity index is 583. The van der Waals surface area contributed by atoms with Crippen LogP contribution in [0.15, 0.2) is 28.7 Å². The average Bonchev–Trinajstić information content (AvgIpc) is 2.76. The second-order valence-corrected chi connectivity index (χ2v) is 4.95. The molecule has 1 aromatic heterocycles. The molecule has 1 fully saturated rings. The van der Waals surface area contributed by atoms with Crippen LogP contribution in [-0.4, -0.2) is 41.4 Å².